The van der Waals surface area contributed by atoms with E-state index in [-0.39, 0.29) is 0 Å². The number of fused-ring (bicyclic) bond motifs is 7. The lowest BCUT2D eigenvalue weighted by molar-refractivity contribution is 0.953. The summed E-state index contributed by atoms with van der Waals surface area (Å²) in [4.78, 5) is 20.5. The molecule has 4 heterocycles. The van der Waals surface area contributed by atoms with Crippen molar-refractivity contribution in [1.29, 1.82) is 0 Å². The summed E-state index contributed by atoms with van der Waals surface area (Å²) in [5.41, 5.74) is 13.5. The number of rotatable bonds is 7. The summed E-state index contributed by atoms with van der Waals surface area (Å²) in [6.45, 7) is 0. The minimum Gasteiger partial charge on any atom is -0.309 e. The van der Waals surface area contributed by atoms with Gasteiger partial charge in [-0.1, -0.05) is 170 Å². The molecule has 12 rings (SSSR count). The van der Waals surface area contributed by atoms with Crippen LogP contribution in [0.15, 0.2) is 218 Å². The molecule has 8 aromatic carbocycles. The van der Waals surface area contributed by atoms with E-state index in [0.29, 0.717) is 17.6 Å². The van der Waals surface area contributed by atoms with Crippen molar-refractivity contribution in [3.05, 3.63) is 218 Å². The fraction of sp³-hybridized carbons (Fsp3) is 0. The maximum atomic E-state index is 5.19. The molecular weight excluding hydrogens is 757 g/mol. The summed E-state index contributed by atoms with van der Waals surface area (Å²) in [6, 6.07) is 76.2. The van der Waals surface area contributed by atoms with Crippen molar-refractivity contribution in [1.82, 2.24) is 29.1 Å². The SMILES string of the molecule is c1ccc(-c2cc(-c3cccc(-n4c5ccccc5c5c6c7ccccc7n(-c7nc(-c8ccccc8)nc(-c8ccccc8)n7)c6ccc54)c3)cc(-c3ccccc3)n2)cc1. The van der Waals surface area contributed by atoms with Gasteiger partial charge in [-0.15, -0.1) is 0 Å². The van der Waals surface area contributed by atoms with Crippen molar-refractivity contribution in [3.63, 3.8) is 0 Å². The average molecular weight is 793 g/mol. The van der Waals surface area contributed by atoms with E-state index in [1.807, 2.05) is 72.8 Å². The van der Waals surface area contributed by atoms with Gasteiger partial charge in [0.15, 0.2) is 11.6 Å². The second-order valence-corrected chi connectivity index (χ2v) is 15.5. The van der Waals surface area contributed by atoms with E-state index in [4.69, 9.17) is 19.9 Å². The van der Waals surface area contributed by atoms with Crippen molar-refractivity contribution in [3.8, 4) is 68.1 Å². The first-order chi connectivity index (χ1) is 30.7. The molecule has 290 valence electrons. The Bertz CT molecular complexity index is 3500. The molecule has 0 unspecified atom stereocenters. The Balaban J connectivity index is 1.08. The van der Waals surface area contributed by atoms with E-state index in [9.17, 15) is 0 Å². The number of hydrogen-bond acceptors (Lipinski definition) is 4. The summed E-state index contributed by atoms with van der Waals surface area (Å²) in [6.07, 6.45) is 0. The minimum absolute atomic E-state index is 0.571. The van der Waals surface area contributed by atoms with Crippen LogP contribution in [0.5, 0.6) is 0 Å². The molecule has 0 spiro atoms. The van der Waals surface area contributed by atoms with Gasteiger partial charge in [0, 0.05) is 49.5 Å². The Kier molecular flexibility index (Phi) is 8.38. The number of para-hydroxylation sites is 2. The van der Waals surface area contributed by atoms with Gasteiger partial charge in [-0.2, -0.15) is 9.97 Å². The third kappa shape index (κ3) is 5.96. The summed E-state index contributed by atoms with van der Waals surface area (Å²) in [7, 11) is 0. The van der Waals surface area contributed by atoms with Gasteiger partial charge in [0.25, 0.3) is 0 Å². The summed E-state index contributed by atoms with van der Waals surface area (Å²) >= 11 is 0. The highest BCUT2D eigenvalue weighted by molar-refractivity contribution is 6.28. The molecule has 6 heteroatoms. The second-order valence-electron chi connectivity index (χ2n) is 15.5. The summed E-state index contributed by atoms with van der Waals surface area (Å²) in [5, 5.41) is 4.64. The molecule has 0 aliphatic carbocycles. The minimum atomic E-state index is 0.571. The highest BCUT2D eigenvalue weighted by Crippen LogP contribution is 2.43. The van der Waals surface area contributed by atoms with Crippen LogP contribution in [0.2, 0.25) is 0 Å². The first-order valence-corrected chi connectivity index (χ1v) is 20.8. The van der Waals surface area contributed by atoms with E-state index in [1.165, 1.54) is 10.8 Å². The Morgan fingerprint density at radius 1 is 0.274 bits per heavy atom. The molecule has 0 fully saturated rings. The third-order valence-electron chi connectivity index (χ3n) is 11.8. The Morgan fingerprint density at radius 2 is 0.710 bits per heavy atom. The number of nitrogens with zero attached hydrogens (tertiary/aromatic N) is 6. The number of aromatic nitrogens is 6. The maximum Gasteiger partial charge on any atom is 0.238 e. The molecule has 0 atom stereocenters. The highest BCUT2D eigenvalue weighted by atomic mass is 15.2. The van der Waals surface area contributed by atoms with Gasteiger partial charge in [0.1, 0.15) is 0 Å². The summed E-state index contributed by atoms with van der Waals surface area (Å²) in [5.74, 6) is 1.82. The molecule has 0 N–H and O–H groups in total. The molecule has 0 amide bonds. The molecule has 62 heavy (non-hydrogen) atoms. The van der Waals surface area contributed by atoms with Gasteiger partial charge in [0.2, 0.25) is 5.95 Å². The second kappa shape index (κ2) is 14.7. The van der Waals surface area contributed by atoms with Crippen LogP contribution in [0, 0.1) is 0 Å². The largest absolute Gasteiger partial charge is 0.309 e. The van der Waals surface area contributed by atoms with Crippen molar-refractivity contribution in [2.24, 2.45) is 0 Å². The smallest absolute Gasteiger partial charge is 0.238 e. The van der Waals surface area contributed by atoms with Crippen LogP contribution in [-0.2, 0) is 0 Å². The van der Waals surface area contributed by atoms with Gasteiger partial charge < -0.3 is 4.57 Å². The quantitative estimate of drug-likeness (QED) is 0.161. The number of hydrogen-bond donors (Lipinski definition) is 0. The van der Waals surface area contributed by atoms with Crippen LogP contribution in [0.1, 0.15) is 0 Å². The molecule has 4 aromatic heterocycles. The monoisotopic (exact) mass is 792 g/mol. The summed E-state index contributed by atoms with van der Waals surface area (Å²) < 4.78 is 4.61. The first-order valence-electron chi connectivity index (χ1n) is 20.8. The standard InChI is InChI=1S/C56H36N6/c1-5-18-37(19-6-1)46-35-42(36-47(57-46)38-20-7-2-8-21-38)41-26-17-27-43(34-41)61-48-30-15-13-28-44(48)52-50(61)32-33-51-53(52)45-29-14-16-31-49(45)62(51)56-59-54(39-22-9-3-10-23-39)58-55(60-56)40-24-11-4-12-25-40/h1-36H. The molecule has 0 radical (unpaired) electrons. The van der Waals surface area contributed by atoms with E-state index in [0.717, 1.165) is 83.3 Å². The van der Waals surface area contributed by atoms with Crippen molar-refractivity contribution in [2.45, 2.75) is 0 Å². The highest BCUT2D eigenvalue weighted by Gasteiger charge is 2.23. The van der Waals surface area contributed by atoms with Crippen molar-refractivity contribution in [2.75, 3.05) is 0 Å². The van der Waals surface area contributed by atoms with Crippen molar-refractivity contribution < 1.29 is 0 Å². The zero-order chi connectivity index (χ0) is 41.0. The molecule has 0 aliphatic rings. The van der Waals surface area contributed by atoms with Crippen LogP contribution < -0.4 is 0 Å². The molecule has 12 aromatic rings. The van der Waals surface area contributed by atoms with E-state index >= 15 is 0 Å². The predicted octanol–water partition coefficient (Wildman–Crippen LogP) is 13.8. The number of benzene rings is 8. The van der Waals surface area contributed by atoms with Crippen LogP contribution in [0.4, 0.5) is 0 Å². The zero-order valence-corrected chi connectivity index (χ0v) is 33.5. The van der Waals surface area contributed by atoms with Gasteiger partial charge in [0.05, 0.1) is 33.5 Å². The molecule has 0 saturated heterocycles. The van der Waals surface area contributed by atoms with Crippen molar-refractivity contribution >= 4 is 43.6 Å². The molecule has 0 bridgehead atoms. The average Bonchev–Trinajstić information content (AvgIpc) is 3.88. The van der Waals surface area contributed by atoms with Crippen LogP contribution >= 0.6 is 0 Å². The van der Waals surface area contributed by atoms with Crippen LogP contribution in [0.3, 0.4) is 0 Å². The zero-order valence-electron chi connectivity index (χ0n) is 33.5. The third-order valence-corrected chi connectivity index (χ3v) is 11.8. The Morgan fingerprint density at radius 3 is 1.24 bits per heavy atom. The van der Waals surface area contributed by atoms with Crippen LogP contribution in [-0.4, -0.2) is 29.1 Å². The molecule has 0 aliphatic heterocycles. The Labute approximate surface area is 357 Å². The topological polar surface area (TPSA) is 61.4 Å². The van der Waals surface area contributed by atoms with Gasteiger partial charge in [-0.25, -0.2) is 9.97 Å². The number of pyridine rings is 1. The lowest BCUT2D eigenvalue weighted by Crippen LogP contribution is -2.06. The maximum absolute atomic E-state index is 5.19. The van der Waals surface area contributed by atoms with E-state index in [1.54, 1.807) is 0 Å². The van der Waals surface area contributed by atoms with Gasteiger partial charge in [-0.3, -0.25) is 4.57 Å². The fourth-order valence-electron chi connectivity index (χ4n) is 8.94. The van der Waals surface area contributed by atoms with Gasteiger partial charge >= 0.3 is 0 Å². The van der Waals surface area contributed by atoms with E-state index in [2.05, 4.69) is 155 Å². The Hall–Kier alpha value is -8.48. The lowest BCUT2D eigenvalue weighted by Gasteiger charge is -2.13. The molecular formula is C56H36N6. The fourth-order valence-corrected chi connectivity index (χ4v) is 8.94. The predicted molar refractivity (Wildman–Crippen MR) is 253 cm³/mol. The van der Waals surface area contributed by atoms with Gasteiger partial charge in [-0.05, 0) is 59.7 Å². The molecule has 6 nitrogen and oxygen atoms in total. The van der Waals surface area contributed by atoms with Crippen LogP contribution in [0.25, 0.3) is 112 Å². The lowest BCUT2D eigenvalue weighted by atomic mass is 9.99. The first kappa shape index (κ1) is 35.5. The van der Waals surface area contributed by atoms with E-state index < -0.39 is 0 Å². The molecule has 0 saturated carbocycles. The normalized spacial score (nSPS) is 11.5.